The number of hydrogen-bond acceptors (Lipinski definition) is 3. The van der Waals surface area contributed by atoms with E-state index in [-0.39, 0.29) is 0 Å². The number of Topliss-reactive ketones (excluding diaryl/α,β-unsaturated/α-hetero) is 1. The first-order valence-electron chi connectivity index (χ1n) is 6.05. The first-order valence-corrected chi connectivity index (χ1v) is 6.93. The van der Waals surface area contributed by atoms with Crippen LogP contribution < -0.4 is 0 Å². The molecular formula is C13H19NOS. The molecule has 1 atom stereocenters. The van der Waals surface area contributed by atoms with E-state index in [0.29, 0.717) is 12.2 Å². The minimum absolute atomic E-state index is 0.299. The Labute approximate surface area is 101 Å². The molecule has 2 nitrogen and oxygen atoms in total. The second-order valence-electron chi connectivity index (χ2n) is 4.70. The predicted octanol–water partition coefficient (Wildman–Crippen LogP) is 3.05. The van der Waals surface area contributed by atoms with Crippen molar-refractivity contribution in [2.24, 2.45) is 5.92 Å². The highest BCUT2D eigenvalue weighted by molar-refractivity contribution is 7.12. The molecule has 1 saturated heterocycles. The lowest BCUT2D eigenvalue weighted by molar-refractivity contribution is 0.0953. The van der Waals surface area contributed by atoms with Crippen LogP contribution in [0.25, 0.3) is 0 Å². The van der Waals surface area contributed by atoms with Crippen LogP contribution in [0.4, 0.5) is 0 Å². The van der Waals surface area contributed by atoms with Crippen LogP contribution in [0.15, 0.2) is 17.5 Å². The number of thiophene rings is 1. The van der Waals surface area contributed by atoms with E-state index in [0.717, 1.165) is 23.9 Å². The quantitative estimate of drug-likeness (QED) is 0.750. The molecular weight excluding hydrogens is 218 g/mol. The fraction of sp³-hybridized carbons (Fsp3) is 0.615. The monoisotopic (exact) mass is 237 g/mol. The molecule has 1 aromatic rings. The van der Waals surface area contributed by atoms with Gasteiger partial charge in [0.15, 0.2) is 5.78 Å². The van der Waals surface area contributed by atoms with Gasteiger partial charge in [0, 0.05) is 19.5 Å². The van der Waals surface area contributed by atoms with Gasteiger partial charge in [0.1, 0.15) is 0 Å². The maximum absolute atomic E-state index is 11.8. The van der Waals surface area contributed by atoms with E-state index in [9.17, 15) is 4.79 Å². The summed E-state index contributed by atoms with van der Waals surface area (Å²) >= 11 is 1.55. The van der Waals surface area contributed by atoms with Gasteiger partial charge >= 0.3 is 0 Å². The van der Waals surface area contributed by atoms with Gasteiger partial charge in [-0.1, -0.05) is 13.0 Å². The van der Waals surface area contributed by atoms with Gasteiger partial charge in [0.25, 0.3) is 0 Å². The van der Waals surface area contributed by atoms with E-state index in [1.165, 1.54) is 19.4 Å². The van der Waals surface area contributed by atoms with Gasteiger partial charge < -0.3 is 4.90 Å². The van der Waals surface area contributed by atoms with E-state index >= 15 is 0 Å². The molecule has 1 aliphatic rings. The predicted molar refractivity (Wildman–Crippen MR) is 68.1 cm³/mol. The summed E-state index contributed by atoms with van der Waals surface area (Å²) in [6.07, 6.45) is 3.30. The van der Waals surface area contributed by atoms with Crippen molar-refractivity contribution in [1.29, 1.82) is 0 Å². The summed E-state index contributed by atoms with van der Waals surface area (Å²) in [5.41, 5.74) is 0. The fourth-order valence-electron chi connectivity index (χ4n) is 2.31. The second kappa shape index (κ2) is 5.60. The zero-order valence-electron chi connectivity index (χ0n) is 9.82. The van der Waals surface area contributed by atoms with Gasteiger partial charge in [-0.3, -0.25) is 4.79 Å². The van der Waals surface area contributed by atoms with Gasteiger partial charge in [0.2, 0.25) is 0 Å². The third-order valence-electron chi connectivity index (χ3n) is 3.19. The topological polar surface area (TPSA) is 20.3 Å². The van der Waals surface area contributed by atoms with E-state index < -0.39 is 0 Å². The summed E-state index contributed by atoms with van der Waals surface area (Å²) in [7, 11) is 0. The number of piperidine rings is 1. The number of nitrogens with zero attached hydrogens (tertiary/aromatic N) is 1. The molecule has 0 bridgehead atoms. The van der Waals surface area contributed by atoms with E-state index in [1.54, 1.807) is 11.3 Å². The van der Waals surface area contributed by atoms with Gasteiger partial charge in [-0.2, -0.15) is 0 Å². The number of hydrogen-bond donors (Lipinski definition) is 0. The van der Waals surface area contributed by atoms with E-state index in [1.807, 2.05) is 17.5 Å². The van der Waals surface area contributed by atoms with Crippen molar-refractivity contribution in [3.8, 4) is 0 Å². The summed E-state index contributed by atoms with van der Waals surface area (Å²) in [6, 6.07) is 3.87. The fourth-order valence-corrected chi connectivity index (χ4v) is 3.00. The van der Waals surface area contributed by atoms with Crippen LogP contribution in [-0.2, 0) is 0 Å². The van der Waals surface area contributed by atoms with Gasteiger partial charge in [0.05, 0.1) is 4.88 Å². The largest absolute Gasteiger partial charge is 0.303 e. The molecule has 0 radical (unpaired) electrons. The number of carbonyl (C=O) groups is 1. The summed E-state index contributed by atoms with van der Waals surface area (Å²) in [5.74, 6) is 1.10. The highest BCUT2D eigenvalue weighted by atomic mass is 32.1. The Morgan fingerprint density at radius 2 is 2.50 bits per heavy atom. The molecule has 3 heteroatoms. The molecule has 0 aliphatic carbocycles. The molecule has 88 valence electrons. The number of ketones is 1. The molecule has 1 fully saturated rings. The van der Waals surface area contributed by atoms with Gasteiger partial charge in [-0.05, 0) is 36.8 Å². The molecule has 0 aromatic carbocycles. The molecule has 16 heavy (non-hydrogen) atoms. The Morgan fingerprint density at radius 1 is 1.62 bits per heavy atom. The van der Waals surface area contributed by atoms with Crippen molar-refractivity contribution in [2.75, 3.05) is 19.6 Å². The molecule has 0 saturated carbocycles. The normalized spacial score (nSPS) is 22.2. The Balaban J connectivity index is 1.77. The number of rotatable bonds is 4. The van der Waals surface area contributed by atoms with Crippen LogP contribution in [0.3, 0.4) is 0 Å². The van der Waals surface area contributed by atoms with Crippen LogP contribution in [0, 0.1) is 5.92 Å². The Kier molecular flexibility index (Phi) is 4.13. The highest BCUT2D eigenvalue weighted by Gasteiger charge is 2.17. The summed E-state index contributed by atoms with van der Waals surface area (Å²) in [5, 5.41) is 1.97. The maximum atomic E-state index is 11.8. The van der Waals surface area contributed by atoms with Crippen molar-refractivity contribution in [3.63, 3.8) is 0 Å². The lowest BCUT2D eigenvalue weighted by Gasteiger charge is -2.30. The zero-order valence-corrected chi connectivity index (χ0v) is 10.6. The smallest absolute Gasteiger partial charge is 0.174 e. The lowest BCUT2D eigenvalue weighted by atomic mass is 10.00. The average Bonchev–Trinajstić information content (AvgIpc) is 2.79. The standard InChI is InChI=1S/C13H19NOS/c1-11-4-2-7-14(10-11)8-6-12(15)13-5-3-9-16-13/h3,5,9,11H,2,4,6-8,10H2,1H3. The van der Waals surface area contributed by atoms with Gasteiger partial charge in [-0.15, -0.1) is 11.3 Å². The molecule has 0 spiro atoms. The number of likely N-dealkylation sites (tertiary alicyclic amines) is 1. The minimum Gasteiger partial charge on any atom is -0.303 e. The van der Waals surface area contributed by atoms with Crippen molar-refractivity contribution >= 4 is 17.1 Å². The molecule has 2 heterocycles. The molecule has 0 amide bonds. The zero-order chi connectivity index (χ0) is 11.4. The second-order valence-corrected chi connectivity index (χ2v) is 5.65. The maximum Gasteiger partial charge on any atom is 0.174 e. The van der Waals surface area contributed by atoms with E-state index in [4.69, 9.17) is 0 Å². The van der Waals surface area contributed by atoms with Crippen LogP contribution >= 0.6 is 11.3 Å². The minimum atomic E-state index is 0.299. The molecule has 0 N–H and O–H groups in total. The van der Waals surface area contributed by atoms with Crippen LogP contribution in [0.2, 0.25) is 0 Å². The van der Waals surface area contributed by atoms with E-state index in [2.05, 4.69) is 11.8 Å². The third-order valence-corrected chi connectivity index (χ3v) is 4.10. The molecule has 1 unspecified atom stereocenters. The van der Waals surface area contributed by atoms with Crippen molar-refractivity contribution in [2.45, 2.75) is 26.2 Å². The molecule has 2 rings (SSSR count). The average molecular weight is 237 g/mol. The Hall–Kier alpha value is -0.670. The first-order chi connectivity index (χ1) is 7.75. The third kappa shape index (κ3) is 3.16. The summed E-state index contributed by atoms with van der Waals surface area (Å²) in [4.78, 5) is 15.2. The summed E-state index contributed by atoms with van der Waals surface area (Å²) < 4.78 is 0. The van der Waals surface area contributed by atoms with Crippen molar-refractivity contribution in [1.82, 2.24) is 4.90 Å². The van der Waals surface area contributed by atoms with Crippen LogP contribution in [-0.4, -0.2) is 30.3 Å². The highest BCUT2D eigenvalue weighted by Crippen LogP contribution is 2.17. The van der Waals surface area contributed by atoms with Gasteiger partial charge in [-0.25, -0.2) is 0 Å². The van der Waals surface area contributed by atoms with Crippen molar-refractivity contribution < 1.29 is 4.79 Å². The van der Waals surface area contributed by atoms with Crippen LogP contribution in [0.1, 0.15) is 35.9 Å². The Bertz CT molecular complexity index is 334. The SMILES string of the molecule is CC1CCCN(CCC(=O)c2cccs2)C1. The van der Waals surface area contributed by atoms with Crippen molar-refractivity contribution in [3.05, 3.63) is 22.4 Å². The van der Waals surface area contributed by atoms with Crippen LogP contribution in [0.5, 0.6) is 0 Å². The number of carbonyl (C=O) groups excluding carboxylic acids is 1. The summed E-state index contributed by atoms with van der Waals surface area (Å²) in [6.45, 7) is 5.56. The molecule has 1 aliphatic heterocycles. The molecule has 1 aromatic heterocycles. The Morgan fingerprint density at radius 3 is 3.19 bits per heavy atom. The first kappa shape index (κ1) is 11.8. The lowest BCUT2D eigenvalue weighted by Crippen LogP contribution is -2.35.